The number of rotatable bonds is 5. The van der Waals surface area contributed by atoms with E-state index in [0.717, 1.165) is 25.7 Å². The quantitative estimate of drug-likeness (QED) is 0.356. The number of carbonyl (C=O) groups is 2. The molecule has 0 aromatic heterocycles. The predicted octanol–water partition coefficient (Wildman–Crippen LogP) is 5.59. The maximum atomic E-state index is 14.1. The van der Waals surface area contributed by atoms with Crippen LogP contribution in [0.4, 0.5) is 0 Å². The van der Waals surface area contributed by atoms with Gasteiger partial charge in [0.15, 0.2) is 0 Å². The Balaban J connectivity index is 1.53. The van der Waals surface area contributed by atoms with Crippen LogP contribution in [0.2, 0.25) is 0 Å². The number of ether oxygens (including phenoxy) is 2. The van der Waals surface area contributed by atoms with Gasteiger partial charge in [0, 0.05) is 19.3 Å². The summed E-state index contributed by atoms with van der Waals surface area (Å²) in [5.41, 5.74) is -0.789. The molecule has 0 aromatic rings. The van der Waals surface area contributed by atoms with Crippen molar-refractivity contribution in [2.24, 2.45) is 45.3 Å². The molecule has 6 heteroatoms. The van der Waals surface area contributed by atoms with Crippen LogP contribution in [-0.4, -0.2) is 46.1 Å². The Kier molecular flexibility index (Phi) is 6.52. The normalized spacial score (nSPS) is 47.8. The molecular weight excluding hydrogens is 480 g/mol. The fourth-order valence-corrected chi connectivity index (χ4v) is 10.8. The Morgan fingerprint density at radius 2 is 1.82 bits per heavy atom. The van der Waals surface area contributed by atoms with Crippen LogP contribution in [0.25, 0.3) is 0 Å². The van der Waals surface area contributed by atoms with Crippen LogP contribution >= 0.6 is 0 Å². The summed E-state index contributed by atoms with van der Waals surface area (Å²) in [5.74, 6) is 0.0659. The second-order valence-corrected chi connectivity index (χ2v) is 15.2. The van der Waals surface area contributed by atoms with Crippen LogP contribution in [-0.2, 0) is 19.1 Å². The fraction of sp³-hybridized carbons (Fsp3) is 0.875. The first kappa shape index (κ1) is 28.1. The Morgan fingerprint density at radius 1 is 1.13 bits per heavy atom. The summed E-state index contributed by atoms with van der Waals surface area (Å²) in [6.07, 6.45) is 7.04. The van der Waals surface area contributed by atoms with Crippen molar-refractivity contribution in [3.63, 3.8) is 0 Å². The van der Waals surface area contributed by atoms with Gasteiger partial charge in [0.25, 0.3) is 0 Å². The molecule has 1 heterocycles. The van der Waals surface area contributed by atoms with Crippen molar-refractivity contribution >= 4 is 11.9 Å². The molecule has 5 rings (SSSR count). The Morgan fingerprint density at radius 3 is 2.45 bits per heavy atom. The molecule has 3 saturated carbocycles. The van der Waals surface area contributed by atoms with Crippen molar-refractivity contribution in [1.29, 1.82) is 0 Å². The number of esters is 2. The molecule has 214 valence electrons. The fourth-order valence-electron chi connectivity index (χ4n) is 10.8. The van der Waals surface area contributed by atoms with E-state index in [-0.39, 0.29) is 46.8 Å². The minimum atomic E-state index is -0.896. The smallest absolute Gasteiger partial charge is 0.314 e. The molecule has 1 spiro atoms. The maximum absolute atomic E-state index is 14.1. The van der Waals surface area contributed by atoms with E-state index in [2.05, 4.69) is 47.6 Å². The van der Waals surface area contributed by atoms with Crippen molar-refractivity contribution in [2.75, 3.05) is 0 Å². The van der Waals surface area contributed by atoms with Crippen LogP contribution in [0.5, 0.6) is 0 Å². The highest BCUT2D eigenvalue weighted by atomic mass is 16.6. The SMILES string of the molecule is CC(=O)OC(CC(C)C)C[C@]1(C)OC(=O)C23CC=C4[C@@H](CC[C@H]5C(C)(C)C(O)CC[C@]45C)[C@]2(C)CC(O)C31. The summed E-state index contributed by atoms with van der Waals surface area (Å²) in [4.78, 5) is 26.0. The van der Waals surface area contributed by atoms with E-state index < -0.39 is 22.5 Å². The van der Waals surface area contributed by atoms with E-state index >= 15 is 0 Å². The van der Waals surface area contributed by atoms with E-state index in [1.54, 1.807) is 0 Å². The Bertz CT molecular complexity index is 1030. The second kappa shape index (κ2) is 8.80. The summed E-state index contributed by atoms with van der Waals surface area (Å²) in [5, 5.41) is 22.6. The molecule has 4 fully saturated rings. The molecule has 38 heavy (non-hydrogen) atoms. The van der Waals surface area contributed by atoms with Gasteiger partial charge < -0.3 is 19.7 Å². The third-order valence-electron chi connectivity index (χ3n) is 12.3. The minimum Gasteiger partial charge on any atom is -0.462 e. The summed E-state index contributed by atoms with van der Waals surface area (Å²) in [6.45, 7) is 16.6. The van der Waals surface area contributed by atoms with E-state index in [9.17, 15) is 19.8 Å². The van der Waals surface area contributed by atoms with Gasteiger partial charge in [0.2, 0.25) is 0 Å². The molecule has 0 bridgehead atoms. The third kappa shape index (κ3) is 3.64. The number of fused-ring (bicyclic) bond motifs is 4. The lowest BCUT2D eigenvalue weighted by Gasteiger charge is -2.63. The first-order valence-electron chi connectivity index (χ1n) is 15.0. The topological polar surface area (TPSA) is 93.1 Å². The van der Waals surface area contributed by atoms with E-state index in [1.807, 2.05) is 6.92 Å². The molecule has 4 aliphatic carbocycles. The highest BCUT2D eigenvalue weighted by Crippen LogP contribution is 2.76. The largest absolute Gasteiger partial charge is 0.462 e. The van der Waals surface area contributed by atoms with Crippen molar-refractivity contribution in [3.05, 3.63) is 11.6 Å². The predicted molar refractivity (Wildman–Crippen MR) is 145 cm³/mol. The van der Waals surface area contributed by atoms with Crippen LogP contribution in [0, 0.1) is 45.3 Å². The summed E-state index contributed by atoms with van der Waals surface area (Å²) in [7, 11) is 0. The molecule has 1 saturated heterocycles. The molecule has 0 radical (unpaired) electrons. The zero-order valence-electron chi connectivity index (χ0n) is 24.8. The molecule has 0 aromatic carbocycles. The van der Waals surface area contributed by atoms with Gasteiger partial charge in [-0.15, -0.1) is 0 Å². The lowest BCUT2D eigenvalue weighted by molar-refractivity contribution is -0.166. The van der Waals surface area contributed by atoms with Gasteiger partial charge in [-0.1, -0.05) is 53.2 Å². The third-order valence-corrected chi connectivity index (χ3v) is 12.3. The minimum absolute atomic E-state index is 0.0111. The Hall–Kier alpha value is -1.40. The average molecular weight is 531 g/mol. The number of allylic oxidation sites excluding steroid dienone is 2. The van der Waals surface area contributed by atoms with Crippen LogP contribution in [0.3, 0.4) is 0 Å². The van der Waals surface area contributed by atoms with E-state index in [1.165, 1.54) is 12.5 Å². The van der Waals surface area contributed by atoms with Crippen LogP contribution < -0.4 is 0 Å². The second-order valence-electron chi connectivity index (χ2n) is 15.2. The first-order valence-corrected chi connectivity index (χ1v) is 15.0. The van der Waals surface area contributed by atoms with Crippen molar-refractivity contribution < 1.29 is 29.3 Å². The molecule has 2 N–H and O–H groups in total. The summed E-state index contributed by atoms with van der Waals surface area (Å²) in [6, 6.07) is 0. The van der Waals surface area contributed by atoms with Gasteiger partial charge in [-0.2, -0.15) is 0 Å². The van der Waals surface area contributed by atoms with Crippen molar-refractivity contribution in [2.45, 2.75) is 131 Å². The molecule has 6 nitrogen and oxygen atoms in total. The number of aliphatic hydroxyl groups is 2. The van der Waals surface area contributed by atoms with Gasteiger partial charge in [0.05, 0.1) is 17.6 Å². The van der Waals surface area contributed by atoms with Crippen molar-refractivity contribution in [1.82, 2.24) is 0 Å². The number of hydrogen-bond acceptors (Lipinski definition) is 6. The molecule has 1 aliphatic heterocycles. The standard InChI is InChI=1S/C32H50O6/c1-18(2)15-20(37-19(3)33)16-31(8)26-23(34)17-30(7)22-9-10-24-28(4,5)25(35)12-13-29(24,6)21(22)11-14-32(26,30)27(36)38-31/h11,18,20,22-26,34-35H,9-10,12-17H2,1-8H3/t20?,22-,23?,24+,25?,26?,29-,30+,31+,32?/m1/s1. The highest BCUT2D eigenvalue weighted by molar-refractivity contribution is 5.83. The molecule has 5 unspecified atom stereocenters. The lowest BCUT2D eigenvalue weighted by Crippen LogP contribution is -2.59. The molecule has 5 aliphatic rings. The van der Waals surface area contributed by atoms with Gasteiger partial charge in [0.1, 0.15) is 11.7 Å². The zero-order valence-corrected chi connectivity index (χ0v) is 24.8. The summed E-state index contributed by atoms with van der Waals surface area (Å²) >= 11 is 0. The molecule has 10 atom stereocenters. The Labute approximate surface area is 228 Å². The number of cyclic esters (lactones) is 1. The van der Waals surface area contributed by atoms with Gasteiger partial charge >= 0.3 is 11.9 Å². The number of carbonyl (C=O) groups excluding carboxylic acids is 2. The maximum Gasteiger partial charge on any atom is 0.314 e. The molecular formula is C32H50O6. The number of hydrogen-bond donors (Lipinski definition) is 2. The average Bonchev–Trinajstić information content (AvgIpc) is 3.16. The van der Waals surface area contributed by atoms with E-state index in [0.29, 0.717) is 37.5 Å². The zero-order chi connectivity index (χ0) is 28.1. The van der Waals surface area contributed by atoms with Gasteiger partial charge in [-0.3, -0.25) is 9.59 Å². The van der Waals surface area contributed by atoms with Gasteiger partial charge in [-0.25, -0.2) is 0 Å². The first-order chi connectivity index (χ1) is 17.5. The molecule has 0 amide bonds. The van der Waals surface area contributed by atoms with Gasteiger partial charge in [-0.05, 0) is 85.9 Å². The highest BCUT2D eigenvalue weighted by Gasteiger charge is 2.78. The van der Waals surface area contributed by atoms with E-state index in [4.69, 9.17) is 9.47 Å². The monoisotopic (exact) mass is 530 g/mol. The summed E-state index contributed by atoms with van der Waals surface area (Å²) < 4.78 is 12.0. The van der Waals surface area contributed by atoms with Crippen molar-refractivity contribution in [3.8, 4) is 0 Å². The number of aliphatic hydroxyl groups excluding tert-OH is 2. The lowest BCUT2D eigenvalue weighted by atomic mass is 9.41. The van der Waals surface area contributed by atoms with Crippen LogP contribution in [0.1, 0.15) is 107 Å². The van der Waals surface area contributed by atoms with Crippen LogP contribution in [0.15, 0.2) is 11.6 Å².